The molecule has 1 aliphatic heterocycles. The van der Waals surface area contributed by atoms with Crippen LogP contribution in [0.15, 0.2) is 42.5 Å². The predicted octanol–water partition coefficient (Wildman–Crippen LogP) is 2.01. The zero-order valence-corrected chi connectivity index (χ0v) is 18.7. The first-order valence-corrected chi connectivity index (χ1v) is 10.9. The van der Waals surface area contributed by atoms with Crippen LogP contribution in [0.2, 0.25) is 0 Å². The quantitative estimate of drug-likeness (QED) is 0.594. The van der Waals surface area contributed by atoms with Crippen molar-refractivity contribution in [3.05, 3.63) is 48.0 Å². The van der Waals surface area contributed by atoms with Gasteiger partial charge in [-0.15, -0.1) is 0 Å². The highest BCUT2D eigenvalue weighted by atomic mass is 16.5. The van der Waals surface area contributed by atoms with Gasteiger partial charge in [0.05, 0.1) is 24.0 Å². The van der Waals surface area contributed by atoms with Crippen molar-refractivity contribution in [1.82, 2.24) is 0 Å². The van der Waals surface area contributed by atoms with Gasteiger partial charge in [0.25, 0.3) is 17.7 Å². The van der Waals surface area contributed by atoms with Crippen molar-refractivity contribution in [2.75, 3.05) is 30.5 Å². The number of primary amides is 1. The molecule has 10 heteroatoms. The Morgan fingerprint density at radius 3 is 2.50 bits per heavy atom. The van der Waals surface area contributed by atoms with Gasteiger partial charge in [-0.05, 0) is 43.2 Å². The molecule has 1 heterocycles. The van der Waals surface area contributed by atoms with Crippen LogP contribution in [-0.4, -0.2) is 49.6 Å². The van der Waals surface area contributed by atoms with Crippen molar-refractivity contribution in [2.45, 2.75) is 31.2 Å². The second-order valence-corrected chi connectivity index (χ2v) is 8.14. The van der Waals surface area contributed by atoms with Gasteiger partial charge in [0.1, 0.15) is 5.54 Å². The molecule has 0 atom stereocenters. The number of rotatable bonds is 7. The zero-order valence-electron chi connectivity index (χ0n) is 18.7. The number of nitrogens with one attached hydrogen (secondary N) is 1. The van der Waals surface area contributed by atoms with Gasteiger partial charge in [-0.1, -0.05) is 25.0 Å². The predicted molar refractivity (Wildman–Crippen MR) is 122 cm³/mol. The van der Waals surface area contributed by atoms with E-state index in [-0.39, 0.29) is 29.6 Å². The molecule has 2 aromatic rings. The Kier molecular flexibility index (Phi) is 6.40. The average Bonchev–Trinajstić information content (AvgIpc) is 3.32. The average molecular weight is 467 g/mol. The summed E-state index contributed by atoms with van der Waals surface area (Å²) in [5.74, 6) is -1.67. The Morgan fingerprint density at radius 1 is 1.06 bits per heavy atom. The van der Waals surface area contributed by atoms with Crippen LogP contribution >= 0.6 is 0 Å². The lowest BCUT2D eigenvalue weighted by Crippen LogP contribution is -2.61. The molecule has 3 N–H and O–H groups in total. The maximum Gasteiger partial charge on any atom is 0.338 e. The summed E-state index contributed by atoms with van der Waals surface area (Å²) >= 11 is 0. The van der Waals surface area contributed by atoms with E-state index in [2.05, 4.69) is 5.32 Å². The van der Waals surface area contributed by atoms with Gasteiger partial charge in [-0.25, -0.2) is 4.79 Å². The van der Waals surface area contributed by atoms with Crippen LogP contribution in [0.5, 0.6) is 11.5 Å². The van der Waals surface area contributed by atoms with Crippen molar-refractivity contribution < 1.29 is 33.4 Å². The molecule has 0 bridgehead atoms. The second-order valence-electron chi connectivity index (χ2n) is 8.14. The van der Waals surface area contributed by atoms with Gasteiger partial charge < -0.3 is 25.3 Å². The Bertz CT molecular complexity index is 1140. The number of carbonyl (C=O) groups excluding carboxylic acids is 4. The molecule has 1 spiro atoms. The molecule has 3 amide bonds. The van der Waals surface area contributed by atoms with Crippen molar-refractivity contribution in [2.24, 2.45) is 5.73 Å². The van der Waals surface area contributed by atoms with E-state index in [0.29, 0.717) is 24.2 Å². The summed E-state index contributed by atoms with van der Waals surface area (Å²) in [6.45, 7) is -0.883. The number of nitrogens with two attached hydrogens (primary N) is 1. The fraction of sp³-hybridized carbons (Fsp3) is 0.333. The SMILES string of the molecule is COc1cc(C(=O)OCC(=O)N2c3ccccc3NC(=O)C23CCCC3)ccc1OCC(N)=O. The molecule has 1 saturated carbocycles. The largest absolute Gasteiger partial charge is 0.493 e. The number of fused-ring (bicyclic) bond motifs is 1. The van der Waals surface area contributed by atoms with Crippen LogP contribution in [0.25, 0.3) is 0 Å². The van der Waals surface area contributed by atoms with Crippen LogP contribution in [-0.2, 0) is 19.1 Å². The topological polar surface area (TPSA) is 137 Å². The molecule has 4 rings (SSSR count). The lowest BCUT2D eigenvalue weighted by Gasteiger charge is -2.44. The van der Waals surface area contributed by atoms with Crippen LogP contribution in [0, 0.1) is 0 Å². The fourth-order valence-electron chi connectivity index (χ4n) is 4.47. The summed E-state index contributed by atoms with van der Waals surface area (Å²) in [6, 6.07) is 11.3. The third kappa shape index (κ3) is 4.26. The molecular weight excluding hydrogens is 442 g/mol. The Hall–Kier alpha value is -4.08. The van der Waals surface area contributed by atoms with E-state index in [1.807, 2.05) is 0 Å². The minimum atomic E-state index is -0.986. The summed E-state index contributed by atoms with van der Waals surface area (Å²) in [5, 5.41) is 2.91. The summed E-state index contributed by atoms with van der Waals surface area (Å²) in [4.78, 5) is 51.4. The molecule has 178 valence electrons. The molecule has 2 aliphatic rings. The maximum absolute atomic E-state index is 13.3. The van der Waals surface area contributed by atoms with Gasteiger partial charge in [-0.3, -0.25) is 19.3 Å². The van der Waals surface area contributed by atoms with Gasteiger partial charge in [0, 0.05) is 0 Å². The molecular formula is C24H25N3O7. The lowest BCUT2D eigenvalue weighted by molar-refractivity contribution is -0.129. The molecule has 0 unspecified atom stereocenters. The Balaban J connectivity index is 1.51. The molecule has 1 fully saturated rings. The van der Waals surface area contributed by atoms with Gasteiger partial charge in [0.2, 0.25) is 0 Å². The first-order valence-electron chi connectivity index (χ1n) is 10.9. The number of anilines is 2. The van der Waals surface area contributed by atoms with Crippen LogP contribution in [0.3, 0.4) is 0 Å². The zero-order chi connectivity index (χ0) is 24.3. The standard InChI is InChI=1S/C24H25N3O7/c1-32-19-12-15(8-9-18(19)33-13-20(25)28)22(30)34-14-21(29)27-17-7-3-2-6-16(17)26-23(31)24(27)10-4-5-11-24/h2-3,6-9,12H,4-5,10-11,13-14H2,1H3,(H2,25,28)(H,26,31). The second kappa shape index (κ2) is 9.42. The van der Waals surface area contributed by atoms with Crippen molar-refractivity contribution in [1.29, 1.82) is 0 Å². The number of esters is 1. The molecule has 1 aliphatic carbocycles. The number of hydrogen-bond acceptors (Lipinski definition) is 7. The van der Waals surface area contributed by atoms with Crippen LogP contribution in [0.4, 0.5) is 11.4 Å². The molecule has 0 saturated heterocycles. The minimum absolute atomic E-state index is 0.128. The molecule has 34 heavy (non-hydrogen) atoms. The van der Waals surface area contributed by atoms with Crippen molar-refractivity contribution in [3.8, 4) is 11.5 Å². The van der Waals surface area contributed by atoms with E-state index in [4.69, 9.17) is 19.9 Å². The van der Waals surface area contributed by atoms with E-state index in [1.54, 1.807) is 24.3 Å². The molecule has 2 aromatic carbocycles. The number of amides is 3. The summed E-state index contributed by atoms with van der Waals surface area (Å²) in [7, 11) is 1.38. The smallest absolute Gasteiger partial charge is 0.338 e. The number of ether oxygens (including phenoxy) is 3. The molecule has 0 radical (unpaired) electrons. The third-order valence-electron chi connectivity index (χ3n) is 6.02. The highest BCUT2D eigenvalue weighted by molar-refractivity contribution is 6.15. The Morgan fingerprint density at radius 2 is 1.79 bits per heavy atom. The summed E-state index contributed by atoms with van der Waals surface area (Å²) in [6.07, 6.45) is 2.72. The van der Waals surface area contributed by atoms with Crippen LogP contribution in [0.1, 0.15) is 36.0 Å². The minimum Gasteiger partial charge on any atom is -0.493 e. The van der Waals surface area contributed by atoms with Crippen molar-refractivity contribution >= 4 is 35.1 Å². The van der Waals surface area contributed by atoms with E-state index < -0.39 is 29.9 Å². The number of benzene rings is 2. The van der Waals surface area contributed by atoms with Gasteiger partial charge >= 0.3 is 5.97 Å². The lowest BCUT2D eigenvalue weighted by atomic mass is 9.90. The summed E-state index contributed by atoms with van der Waals surface area (Å²) in [5.41, 5.74) is 5.35. The number of carbonyl (C=O) groups is 4. The monoisotopic (exact) mass is 467 g/mol. The summed E-state index contributed by atoms with van der Waals surface area (Å²) < 4.78 is 15.7. The molecule has 0 aromatic heterocycles. The van der Waals surface area contributed by atoms with E-state index in [0.717, 1.165) is 12.8 Å². The highest BCUT2D eigenvalue weighted by Crippen LogP contribution is 2.45. The highest BCUT2D eigenvalue weighted by Gasteiger charge is 2.52. The number of methoxy groups -OCH3 is 1. The van der Waals surface area contributed by atoms with E-state index in [1.165, 1.54) is 30.2 Å². The molecule has 10 nitrogen and oxygen atoms in total. The normalized spacial score (nSPS) is 15.9. The van der Waals surface area contributed by atoms with E-state index in [9.17, 15) is 19.2 Å². The number of para-hydroxylation sites is 2. The van der Waals surface area contributed by atoms with Crippen molar-refractivity contribution in [3.63, 3.8) is 0 Å². The van der Waals surface area contributed by atoms with Crippen LogP contribution < -0.4 is 25.4 Å². The van der Waals surface area contributed by atoms with Gasteiger partial charge in [-0.2, -0.15) is 0 Å². The first kappa shape index (κ1) is 23.1. The fourth-order valence-corrected chi connectivity index (χ4v) is 4.47. The third-order valence-corrected chi connectivity index (χ3v) is 6.02. The number of nitrogens with zero attached hydrogens (tertiary/aromatic N) is 1. The first-order chi connectivity index (χ1) is 16.4. The maximum atomic E-state index is 13.3. The van der Waals surface area contributed by atoms with Gasteiger partial charge in [0.15, 0.2) is 24.7 Å². The Labute approximate surface area is 195 Å². The van der Waals surface area contributed by atoms with E-state index >= 15 is 0 Å². The number of hydrogen-bond donors (Lipinski definition) is 2.